The number of rotatable bonds is 5. The molecular weight excluding hydrogens is 358 g/mol. The molecule has 0 aliphatic carbocycles. The van der Waals surface area contributed by atoms with E-state index >= 15 is 0 Å². The number of aromatic nitrogens is 2. The van der Waals surface area contributed by atoms with Gasteiger partial charge in [0.1, 0.15) is 0 Å². The average Bonchev–Trinajstić information content (AvgIpc) is 3.36. The molecule has 1 aliphatic heterocycles. The van der Waals surface area contributed by atoms with Crippen LogP contribution in [0, 0.1) is 6.92 Å². The van der Waals surface area contributed by atoms with Gasteiger partial charge >= 0.3 is 0 Å². The van der Waals surface area contributed by atoms with Crippen molar-refractivity contribution < 1.29 is 8.42 Å². The number of hydrogen-bond acceptors (Lipinski definition) is 3. The van der Waals surface area contributed by atoms with E-state index < -0.39 is 10.0 Å². The van der Waals surface area contributed by atoms with Gasteiger partial charge in [-0.05, 0) is 37.5 Å². The number of imidazole rings is 1. The third-order valence-electron chi connectivity index (χ3n) is 5.23. The van der Waals surface area contributed by atoms with Gasteiger partial charge in [-0.15, -0.1) is 0 Å². The number of benzene rings is 2. The minimum Gasteiger partial charge on any atom is -0.328 e. The Labute approximate surface area is 160 Å². The van der Waals surface area contributed by atoms with Gasteiger partial charge in [0, 0.05) is 18.9 Å². The van der Waals surface area contributed by atoms with Crippen LogP contribution in [0.15, 0.2) is 78.2 Å². The van der Waals surface area contributed by atoms with E-state index in [0.717, 1.165) is 24.0 Å². The molecule has 0 bridgehead atoms. The third-order valence-corrected chi connectivity index (χ3v) is 7.17. The lowest BCUT2D eigenvalue weighted by atomic mass is 9.98. The molecule has 0 spiro atoms. The molecule has 1 saturated heterocycles. The van der Waals surface area contributed by atoms with E-state index in [0.29, 0.717) is 11.4 Å². The molecule has 140 valence electrons. The van der Waals surface area contributed by atoms with E-state index in [2.05, 4.69) is 17.1 Å². The van der Waals surface area contributed by atoms with Crippen LogP contribution in [-0.2, 0) is 10.0 Å². The van der Waals surface area contributed by atoms with Crippen molar-refractivity contribution in [2.75, 3.05) is 6.54 Å². The largest absolute Gasteiger partial charge is 0.328 e. The van der Waals surface area contributed by atoms with Crippen molar-refractivity contribution >= 4 is 10.0 Å². The Hall–Kier alpha value is -2.44. The Kier molecular flexibility index (Phi) is 4.85. The minimum atomic E-state index is -3.55. The monoisotopic (exact) mass is 381 g/mol. The zero-order valence-corrected chi connectivity index (χ0v) is 16.1. The summed E-state index contributed by atoms with van der Waals surface area (Å²) >= 11 is 0. The summed E-state index contributed by atoms with van der Waals surface area (Å²) in [6, 6.07) is 16.9. The second-order valence-corrected chi connectivity index (χ2v) is 8.89. The molecule has 6 heteroatoms. The minimum absolute atomic E-state index is 0.101. The normalized spacial score (nSPS) is 19.2. The van der Waals surface area contributed by atoms with E-state index in [1.54, 1.807) is 29.0 Å². The molecule has 3 aromatic rings. The fraction of sp³-hybridized carbons (Fsp3) is 0.286. The van der Waals surface area contributed by atoms with Crippen LogP contribution in [0.4, 0.5) is 0 Å². The molecule has 27 heavy (non-hydrogen) atoms. The van der Waals surface area contributed by atoms with Crippen molar-refractivity contribution in [3.05, 3.63) is 84.4 Å². The number of hydrogen-bond donors (Lipinski definition) is 0. The Morgan fingerprint density at radius 2 is 1.81 bits per heavy atom. The molecule has 2 aromatic carbocycles. The summed E-state index contributed by atoms with van der Waals surface area (Å²) in [7, 11) is -3.55. The fourth-order valence-corrected chi connectivity index (χ4v) is 5.60. The lowest BCUT2D eigenvalue weighted by molar-refractivity contribution is 0.314. The van der Waals surface area contributed by atoms with Gasteiger partial charge in [0.2, 0.25) is 10.0 Å². The predicted octanol–water partition coefficient (Wildman–Crippen LogP) is 3.63. The first kappa shape index (κ1) is 17.9. The first-order valence-electron chi connectivity index (χ1n) is 9.18. The second-order valence-electron chi connectivity index (χ2n) is 7.00. The van der Waals surface area contributed by atoms with Crippen LogP contribution in [0.25, 0.3) is 0 Å². The standard InChI is InChI=1S/C21H23N3O2S/c1-17-9-11-19(12-10-17)27(25,26)24-14-5-8-20(24)21(23-15-13-22-16-23)18-6-3-2-4-7-18/h2-4,6-7,9-13,15-16,20-21H,5,8,14H2,1H3/t20-,21+/m0/s1. The van der Waals surface area contributed by atoms with Crippen LogP contribution >= 0.6 is 0 Å². The van der Waals surface area contributed by atoms with Crippen molar-refractivity contribution in [3.63, 3.8) is 0 Å². The smallest absolute Gasteiger partial charge is 0.243 e. The van der Waals surface area contributed by atoms with Crippen molar-refractivity contribution in [2.24, 2.45) is 0 Å². The first-order chi connectivity index (χ1) is 13.1. The van der Waals surface area contributed by atoms with Gasteiger partial charge in [0.05, 0.1) is 23.3 Å². The van der Waals surface area contributed by atoms with Gasteiger partial charge in [0.25, 0.3) is 0 Å². The molecule has 5 nitrogen and oxygen atoms in total. The fourth-order valence-electron chi connectivity index (χ4n) is 3.90. The summed E-state index contributed by atoms with van der Waals surface area (Å²) in [6.45, 7) is 2.50. The number of aryl methyl sites for hydroxylation is 1. The third kappa shape index (κ3) is 3.42. The molecule has 1 aromatic heterocycles. The first-order valence-corrected chi connectivity index (χ1v) is 10.6. The van der Waals surface area contributed by atoms with E-state index in [-0.39, 0.29) is 12.1 Å². The lowest BCUT2D eigenvalue weighted by Crippen LogP contribution is -2.41. The van der Waals surface area contributed by atoms with Gasteiger partial charge < -0.3 is 4.57 Å². The van der Waals surface area contributed by atoms with Gasteiger partial charge in [-0.3, -0.25) is 0 Å². The molecule has 0 N–H and O–H groups in total. The van der Waals surface area contributed by atoms with Crippen LogP contribution in [0.1, 0.15) is 30.0 Å². The highest BCUT2D eigenvalue weighted by molar-refractivity contribution is 7.89. The summed E-state index contributed by atoms with van der Waals surface area (Å²) in [4.78, 5) is 4.55. The second kappa shape index (κ2) is 7.29. The molecule has 2 heterocycles. The van der Waals surface area contributed by atoms with Gasteiger partial charge in [0.15, 0.2) is 0 Å². The van der Waals surface area contributed by atoms with Gasteiger partial charge in [-0.1, -0.05) is 48.0 Å². The Morgan fingerprint density at radius 3 is 2.48 bits per heavy atom. The maximum Gasteiger partial charge on any atom is 0.243 e. The Bertz CT molecular complexity index is 984. The SMILES string of the molecule is Cc1ccc(S(=O)(=O)N2CCC[C@H]2[C@@H](c2ccccc2)n2ccnc2)cc1. The van der Waals surface area contributed by atoms with E-state index in [1.165, 1.54) is 0 Å². The zero-order chi connectivity index (χ0) is 18.9. The predicted molar refractivity (Wildman–Crippen MR) is 105 cm³/mol. The molecule has 0 radical (unpaired) electrons. The molecular formula is C21H23N3O2S. The highest BCUT2D eigenvalue weighted by Crippen LogP contribution is 2.36. The summed E-state index contributed by atoms with van der Waals surface area (Å²) in [5.74, 6) is 0. The topological polar surface area (TPSA) is 55.2 Å². The highest BCUT2D eigenvalue weighted by Gasteiger charge is 2.40. The van der Waals surface area contributed by atoms with E-state index in [4.69, 9.17) is 0 Å². The maximum absolute atomic E-state index is 13.4. The van der Waals surface area contributed by atoms with Crippen LogP contribution in [0.3, 0.4) is 0 Å². The maximum atomic E-state index is 13.4. The van der Waals surface area contributed by atoms with Crippen molar-refractivity contribution in [3.8, 4) is 0 Å². The van der Waals surface area contributed by atoms with Gasteiger partial charge in [-0.2, -0.15) is 4.31 Å². The molecule has 4 rings (SSSR count). The molecule has 0 saturated carbocycles. The van der Waals surface area contributed by atoms with Crippen molar-refractivity contribution in [1.29, 1.82) is 0 Å². The number of nitrogens with zero attached hydrogens (tertiary/aromatic N) is 3. The van der Waals surface area contributed by atoms with Crippen LogP contribution in [-0.4, -0.2) is 34.9 Å². The average molecular weight is 382 g/mol. The zero-order valence-electron chi connectivity index (χ0n) is 15.3. The van der Waals surface area contributed by atoms with Crippen molar-refractivity contribution in [1.82, 2.24) is 13.9 Å². The van der Waals surface area contributed by atoms with Crippen LogP contribution < -0.4 is 0 Å². The highest BCUT2D eigenvalue weighted by atomic mass is 32.2. The van der Waals surface area contributed by atoms with E-state index in [1.807, 2.05) is 48.0 Å². The molecule has 0 amide bonds. The summed E-state index contributed by atoms with van der Waals surface area (Å²) in [6.07, 6.45) is 7.10. The summed E-state index contributed by atoms with van der Waals surface area (Å²) < 4.78 is 30.4. The van der Waals surface area contributed by atoms with Crippen LogP contribution in [0.5, 0.6) is 0 Å². The molecule has 1 aliphatic rings. The molecule has 0 unspecified atom stereocenters. The summed E-state index contributed by atoms with van der Waals surface area (Å²) in [5.41, 5.74) is 2.14. The number of sulfonamides is 1. The molecule has 2 atom stereocenters. The van der Waals surface area contributed by atoms with Crippen LogP contribution in [0.2, 0.25) is 0 Å². The molecule has 1 fully saturated rings. The quantitative estimate of drug-likeness (QED) is 0.678. The van der Waals surface area contributed by atoms with Gasteiger partial charge in [-0.25, -0.2) is 13.4 Å². The summed E-state index contributed by atoms with van der Waals surface area (Å²) in [5, 5.41) is 0. The Morgan fingerprint density at radius 1 is 1.07 bits per heavy atom. The lowest BCUT2D eigenvalue weighted by Gasteiger charge is -2.32. The van der Waals surface area contributed by atoms with Crippen molar-refractivity contribution in [2.45, 2.75) is 36.7 Å². The van der Waals surface area contributed by atoms with E-state index in [9.17, 15) is 8.42 Å². The Balaban J connectivity index is 1.75.